The van der Waals surface area contributed by atoms with Crippen molar-refractivity contribution in [2.24, 2.45) is 0 Å². The van der Waals surface area contributed by atoms with Crippen LogP contribution in [0.1, 0.15) is 39.0 Å². The minimum Gasteiger partial charge on any atom is -0.481 e. The Morgan fingerprint density at radius 1 is 1.29 bits per heavy atom. The first kappa shape index (κ1) is 13.5. The number of carbonyl (C=O) groups excluding carboxylic acids is 2. The summed E-state index contributed by atoms with van der Waals surface area (Å²) in [5, 5.41) is 13.7. The number of carboxylic acid groups (broad SMARTS) is 1. The van der Waals surface area contributed by atoms with Crippen LogP contribution in [0.5, 0.6) is 0 Å². The standard InChI is InChI=1S/C11H18N2O4/c1-7(11(17)13-8-5-6-8)12-9(14)3-2-4-10(15)16/h7-8H,2-6H2,1H3,(H,12,14)(H,13,17)(H,15,16). The van der Waals surface area contributed by atoms with E-state index in [9.17, 15) is 14.4 Å². The second kappa shape index (κ2) is 6.22. The van der Waals surface area contributed by atoms with Gasteiger partial charge in [-0.2, -0.15) is 0 Å². The number of aliphatic carboxylic acids is 1. The first-order valence-corrected chi connectivity index (χ1v) is 5.80. The van der Waals surface area contributed by atoms with Gasteiger partial charge in [-0.3, -0.25) is 14.4 Å². The predicted octanol–water partition coefficient (Wildman–Crippen LogP) is 0.0246. The fraction of sp³-hybridized carbons (Fsp3) is 0.727. The number of amides is 2. The van der Waals surface area contributed by atoms with Crippen LogP contribution in [-0.4, -0.2) is 35.0 Å². The van der Waals surface area contributed by atoms with Crippen LogP contribution in [0.3, 0.4) is 0 Å². The summed E-state index contributed by atoms with van der Waals surface area (Å²) in [6.45, 7) is 1.62. The summed E-state index contributed by atoms with van der Waals surface area (Å²) in [6.07, 6.45) is 2.40. The lowest BCUT2D eigenvalue weighted by atomic mass is 10.2. The van der Waals surface area contributed by atoms with E-state index in [0.29, 0.717) is 0 Å². The molecule has 0 aromatic heterocycles. The first-order chi connectivity index (χ1) is 7.99. The van der Waals surface area contributed by atoms with Crippen LogP contribution in [0.4, 0.5) is 0 Å². The Labute approximate surface area is 99.8 Å². The summed E-state index contributed by atoms with van der Waals surface area (Å²) >= 11 is 0. The molecule has 0 radical (unpaired) electrons. The highest BCUT2D eigenvalue weighted by Gasteiger charge is 2.26. The van der Waals surface area contributed by atoms with E-state index in [1.54, 1.807) is 6.92 Å². The molecular formula is C11H18N2O4. The summed E-state index contributed by atoms with van der Waals surface area (Å²) in [4.78, 5) is 33.1. The van der Waals surface area contributed by atoms with Gasteiger partial charge in [-0.05, 0) is 26.2 Å². The van der Waals surface area contributed by atoms with Gasteiger partial charge >= 0.3 is 5.97 Å². The number of rotatable bonds is 7. The average molecular weight is 242 g/mol. The van der Waals surface area contributed by atoms with Gasteiger partial charge in [0.2, 0.25) is 11.8 Å². The van der Waals surface area contributed by atoms with E-state index >= 15 is 0 Å². The maximum absolute atomic E-state index is 11.5. The van der Waals surface area contributed by atoms with E-state index in [-0.39, 0.29) is 37.1 Å². The Kier molecular flexibility index (Phi) is 4.93. The zero-order valence-corrected chi connectivity index (χ0v) is 9.86. The molecule has 0 saturated heterocycles. The van der Waals surface area contributed by atoms with Gasteiger partial charge in [0.15, 0.2) is 0 Å². The van der Waals surface area contributed by atoms with Crippen LogP contribution in [0.25, 0.3) is 0 Å². The highest BCUT2D eigenvalue weighted by molar-refractivity contribution is 5.87. The van der Waals surface area contributed by atoms with Crippen molar-refractivity contribution in [2.45, 2.75) is 51.1 Å². The van der Waals surface area contributed by atoms with Crippen molar-refractivity contribution in [3.63, 3.8) is 0 Å². The van der Waals surface area contributed by atoms with Crippen LogP contribution < -0.4 is 10.6 Å². The predicted molar refractivity (Wildman–Crippen MR) is 60.3 cm³/mol. The van der Waals surface area contributed by atoms with Gasteiger partial charge in [-0.25, -0.2) is 0 Å². The van der Waals surface area contributed by atoms with Gasteiger partial charge in [0.1, 0.15) is 6.04 Å². The van der Waals surface area contributed by atoms with Gasteiger partial charge in [0.05, 0.1) is 0 Å². The second-order valence-electron chi connectivity index (χ2n) is 4.32. The van der Waals surface area contributed by atoms with Crippen molar-refractivity contribution >= 4 is 17.8 Å². The molecule has 17 heavy (non-hydrogen) atoms. The topological polar surface area (TPSA) is 95.5 Å². The van der Waals surface area contributed by atoms with E-state index < -0.39 is 12.0 Å². The van der Waals surface area contributed by atoms with Crippen LogP contribution in [0, 0.1) is 0 Å². The SMILES string of the molecule is CC(NC(=O)CCCC(=O)O)C(=O)NC1CC1. The van der Waals surface area contributed by atoms with Gasteiger partial charge < -0.3 is 15.7 Å². The summed E-state index contributed by atoms with van der Waals surface area (Å²) in [5.74, 6) is -1.39. The number of carboxylic acids is 1. The Morgan fingerprint density at radius 3 is 2.47 bits per heavy atom. The van der Waals surface area contributed by atoms with Crippen molar-refractivity contribution in [3.8, 4) is 0 Å². The average Bonchev–Trinajstić information content (AvgIpc) is 3.00. The smallest absolute Gasteiger partial charge is 0.303 e. The zero-order chi connectivity index (χ0) is 12.8. The maximum atomic E-state index is 11.5. The van der Waals surface area contributed by atoms with Crippen molar-refractivity contribution in [1.82, 2.24) is 10.6 Å². The Hall–Kier alpha value is -1.59. The summed E-state index contributed by atoms with van der Waals surface area (Å²) < 4.78 is 0. The highest BCUT2D eigenvalue weighted by atomic mass is 16.4. The summed E-state index contributed by atoms with van der Waals surface area (Å²) in [5.41, 5.74) is 0. The van der Waals surface area contributed by atoms with Crippen molar-refractivity contribution in [3.05, 3.63) is 0 Å². The highest BCUT2D eigenvalue weighted by Crippen LogP contribution is 2.18. The number of hydrogen-bond acceptors (Lipinski definition) is 3. The minimum atomic E-state index is -0.919. The van der Waals surface area contributed by atoms with Crippen LogP contribution >= 0.6 is 0 Å². The number of nitrogens with one attached hydrogen (secondary N) is 2. The molecule has 0 aromatic rings. The van der Waals surface area contributed by atoms with Gasteiger partial charge in [0.25, 0.3) is 0 Å². The van der Waals surface area contributed by atoms with E-state index in [0.717, 1.165) is 12.8 Å². The molecule has 1 rings (SSSR count). The lowest BCUT2D eigenvalue weighted by molar-refractivity contribution is -0.137. The molecule has 1 aliphatic carbocycles. The van der Waals surface area contributed by atoms with Crippen molar-refractivity contribution < 1.29 is 19.5 Å². The molecule has 0 heterocycles. The molecule has 1 fully saturated rings. The fourth-order valence-electron chi connectivity index (χ4n) is 1.33. The lowest BCUT2D eigenvalue weighted by Gasteiger charge is -2.13. The molecule has 1 unspecified atom stereocenters. The second-order valence-corrected chi connectivity index (χ2v) is 4.32. The van der Waals surface area contributed by atoms with Crippen molar-refractivity contribution in [1.29, 1.82) is 0 Å². The molecular weight excluding hydrogens is 224 g/mol. The minimum absolute atomic E-state index is 0.0317. The molecule has 0 aliphatic heterocycles. The Morgan fingerprint density at radius 2 is 1.94 bits per heavy atom. The molecule has 1 aliphatic rings. The summed E-state index contributed by atoms with van der Waals surface area (Å²) in [7, 11) is 0. The van der Waals surface area contributed by atoms with Crippen LogP contribution in [0.2, 0.25) is 0 Å². The van der Waals surface area contributed by atoms with Gasteiger partial charge in [-0.1, -0.05) is 0 Å². The largest absolute Gasteiger partial charge is 0.481 e. The number of hydrogen-bond donors (Lipinski definition) is 3. The maximum Gasteiger partial charge on any atom is 0.303 e. The molecule has 6 heteroatoms. The molecule has 3 N–H and O–H groups in total. The number of carbonyl (C=O) groups is 3. The quantitative estimate of drug-likeness (QED) is 0.586. The normalized spacial score (nSPS) is 16.1. The molecule has 1 saturated carbocycles. The summed E-state index contributed by atoms with van der Waals surface area (Å²) in [6, 6.07) is -0.290. The molecule has 0 aromatic carbocycles. The Bertz CT molecular complexity index is 313. The third kappa shape index (κ3) is 5.89. The van der Waals surface area contributed by atoms with E-state index in [2.05, 4.69) is 10.6 Å². The van der Waals surface area contributed by atoms with E-state index in [4.69, 9.17) is 5.11 Å². The van der Waals surface area contributed by atoms with E-state index in [1.165, 1.54) is 0 Å². The first-order valence-electron chi connectivity index (χ1n) is 5.80. The van der Waals surface area contributed by atoms with E-state index in [1.807, 2.05) is 0 Å². The van der Waals surface area contributed by atoms with Crippen LogP contribution in [0.15, 0.2) is 0 Å². The third-order valence-corrected chi connectivity index (χ3v) is 2.49. The monoisotopic (exact) mass is 242 g/mol. The molecule has 0 bridgehead atoms. The molecule has 1 atom stereocenters. The van der Waals surface area contributed by atoms with Gasteiger partial charge in [0, 0.05) is 18.9 Å². The van der Waals surface area contributed by atoms with Crippen LogP contribution in [-0.2, 0) is 14.4 Å². The molecule has 2 amide bonds. The lowest BCUT2D eigenvalue weighted by Crippen LogP contribution is -2.45. The zero-order valence-electron chi connectivity index (χ0n) is 9.86. The molecule has 6 nitrogen and oxygen atoms in total. The van der Waals surface area contributed by atoms with Crippen molar-refractivity contribution in [2.75, 3.05) is 0 Å². The molecule has 0 spiro atoms. The third-order valence-electron chi connectivity index (χ3n) is 2.49. The fourth-order valence-corrected chi connectivity index (χ4v) is 1.33. The Balaban J connectivity index is 2.15. The molecule has 96 valence electrons. The van der Waals surface area contributed by atoms with Gasteiger partial charge in [-0.15, -0.1) is 0 Å².